The van der Waals surface area contributed by atoms with E-state index >= 15 is 0 Å². The minimum absolute atomic E-state index is 0.0564. The summed E-state index contributed by atoms with van der Waals surface area (Å²) in [6.07, 6.45) is -2.58. The van der Waals surface area contributed by atoms with E-state index in [2.05, 4.69) is 20.5 Å². The van der Waals surface area contributed by atoms with E-state index in [-0.39, 0.29) is 17.9 Å². The molecule has 0 atom stereocenters. The summed E-state index contributed by atoms with van der Waals surface area (Å²) in [7, 11) is 1.76. The van der Waals surface area contributed by atoms with Crippen molar-refractivity contribution < 1.29 is 13.2 Å². The molecule has 0 aromatic carbocycles. The van der Waals surface area contributed by atoms with Crippen LogP contribution in [0.25, 0.3) is 0 Å². The number of aryl methyl sites for hydroxylation is 1. The van der Waals surface area contributed by atoms with Crippen LogP contribution in [0, 0.1) is 11.3 Å². The van der Waals surface area contributed by atoms with Crippen LogP contribution in [0.1, 0.15) is 17.1 Å². The van der Waals surface area contributed by atoms with Crippen molar-refractivity contribution in [2.75, 3.05) is 11.9 Å². The molecular weight excluding hydrogens is 285 g/mol. The molecule has 2 aromatic rings. The summed E-state index contributed by atoms with van der Waals surface area (Å²) in [4.78, 5) is 3.45. The van der Waals surface area contributed by atoms with Crippen molar-refractivity contribution in [3.05, 3.63) is 35.5 Å². The zero-order valence-electron chi connectivity index (χ0n) is 11.0. The van der Waals surface area contributed by atoms with Crippen LogP contribution in [-0.4, -0.2) is 26.3 Å². The van der Waals surface area contributed by atoms with E-state index in [4.69, 9.17) is 5.26 Å². The van der Waals surface area contributed by atoms with Gasteiger partial charge < -0.3 is 9.88 Å². The van der Waals surface area contributed by atoms with E-state index in [1.54, 1.807) is 17.7 Å². The molecule has 0 aliphatic heterocycles. The smallest absolute Gasteiger partial charge is 0.369 e. The average Bonchev–Trinajstić information content (AvgIpc) is 2.83. The number of alkyl halides is 3. The van der Waals surface area contributed by atoms with Crippen molar-refractivity contribution in [3.8, 4) is 6.07 Å². The second-order valence-corrected chi connectivity index (χ2v) is 4.24. The van der Waals surface area contributed by atoms with Gasteiger partial charge in [-0.2, -0.15) is 18.4 Å². The molecule has 9 heteroatoms. The lowest BCUT2D eigenvalue weighted by atomic mass is 10.2. The number of hydrogen-bond donors (Lipinski definition) is 1. The average molecular weight is 296 g/mol. The summed E-state index contributed by atoms with van der Waals surface area (Å²) in [6, 6.07) is 3.69. The van der Waals surface area contributed by atoms with Gasteiger partial charge in [-0.15, -0.1) is 10.2 Å². The highest BCUT2D eigenvalue weighted by molar-refractivity contribution is 5.52. The van der Waals surface area contributed by atoms with Gasteiger partial charge in [-0.1, -0.05) is 0 Å². The van der Waals surface area contributed by atoms with Crippen molar-refractivity contribution in [2.24, 2.45) is 7.05 Å². The van der Waals surface area contributed by atoms with Crippen LogP contribution in [-0.2, 0) is 19.6 Å². The zero-order chi connectivity index (χ0) is 15.5. The Labute approximate surface area is 118 Å². The maximum absolute atomic E-state index is 12.6. The number of pyridine rings is 1. The van der Waals surface area contributed by atoms with Gasteiger partial charge in [0.1, 0.15) is 29.7 Å². The van der Waals surface area contributed by atoms with Gasteiger partial charge in [0.15, 0.2) is 0 Å². The van der Waals surface area contributed by atoms with E-state index in [1.807, 2.05) is 0 Å². The summed E-state index contributed by atoms with van der Waals surface area (Å²) in [5.74, 6) is 0.586. The minimum Gasteiger partial charge on any atom is -0.369 e. The Hall–Kier alpha value is -2.63. The number of rotatable bonds is 4. The maximum Gasteiger partial charge on any atom is 0.433 e. The quantitative estimate of drug-likeness (QED) is 0.930. The third kappa shape index (κ3) is 3.47. The SMILES string of the molecule is Cn1cnnc1CCNc1nc(C(F)(F)F)ccc1C#N. The molecule has 0 radical (unpaired) electrons. The highest BCUT2D eigenvalue weighted by atomic mass is 19.4. The maximum atomic E-state index is 12.6. The van der Waals surface area contributed by atoms with Crippen LogP contribution in [0.3, 0.4) is 0 Å². The van der Waals surface area contributed by atoms with Gasteiger partial charge in [0, 0.05) is 20.0 Å². The van der Waals surface area contributed by atoms with E-state index < -0.39 is 11.9 Å². The van der Waals surface area contributed by atoms with Crippen LogP contribution in [0.2, 0.25) is 0 Å². The highest BCUT2D eigenvalue weighted by Crippen LogP contribution is 2.29. The van der Waals surface area contributed by atoms with Gasteiger partial charge in [-0.05, 0) is 12.1 Å². The number of hydrogen-bond acceptors (Lipinski definition) is 5. The molecule has 21 heavy (non-hydrogen) atoms. The van der Waals surface area contributed by atoms with Crippen molar-refractivity contribution in [3.63, 3.8) is 0 Å². The molecule has 2 heterocycles. The third-order valence-corrected chi connectivity index (χ3v) is 2.75. The molecule has 1 N–H and O–H groups in total. The Kier molecular flexibility index (Phi) is 4.07. The van der Waals surface area contributed by atoms with Crippen LogP contribution >= 0.6 is 0 Å². The fourth-order valence-corrected chi connectivity index (χ4v) is 1.67. The number of nitrogens with one attached hydrogen (secondary N) is 1. The van der Waals surface area contributed by atoms with Gasteiger partial charge in [0.05, 0.1) is 5.56 Å². The third-order valence-electron chi connectivity index (χ3n) is 2.75. The molecule has 0 unspecified atom stereocenters. The van der Waals surface area contributed by atoms with Crippen LogP contribution < -0.4 is 5.32 Å². The van der Waals surface area contributed by atoms with Gasteiger partial charge in [0.2, 0.25) is 0 Å². The Balaban J connectivity index is 2.11. The first-order valence-corrected chi connectivity index (χ1v) is 5.97. The number of nitriles is 1. The Morgan fingerprint density at radius 1 is 1.38 bits per heavy atom. The first kappa shape index (κ1) is 14.8. The molecule has 0 spiro atoms. The van der Waals surface area contributed by atoms with Gasteiger partial charge >= 0.3 is 6.18 Å². The molecule has 6 nitrogen and oxygen atoms in total. The largest absolute Gasteiger partial charge is 0.433 e. The summed E-state index contributed by atoms with van der Waals surface area (Å²) < 4.78 is 39.5. The monoisotopic (exact) mass is 296 g/mol. The number of aromatic nitrogens is 4. The fraction of sp³-hybridized carbons (Fsp3) is 0.333. The normalized spacial score (nSPS) is 11.2. The molecule has 2 aromatic heterocycles. The van der Waals surface area contributed by atoms with Gasteiger partial charge in [0.25, 0.3) is 0 Å². The highest BCUT2D eigenvalue weighted by Gasteiger charge is 2.33. The first-order valence-electron chi connectivity index (χ1n) is 5.97. The van der Waals surface area contributed by atoms with Crippen LogP contribution in [0.4, 0.5) is 19.0 Å². The van der Waals surface area contributed by atoms with Crippen molar-refractivity contribution >= 4 is 5.82 Å². The topological polar surface area (TPSA) is 79.4 Å². The molecule has 0 fully saturated rings. The molecule has 0 saturated heterocycles. The fourth-order valence-electron chi connectivity index (χ4n) is 1.67. The molecule has 110 valence electrons. The first-order chi connectivity index (χ1) is 9.91. The molecule has 0 aliphatic rings. The summed E-state index contributed by atoms with van der Waals surface area (Å²) in [5.41, 5.74) is -0.983. The molecule has 0 saturated carbocycles. The Morgan fingerprint density at radius 2 is 2.14 bits per heavy atom. The number of nitrogens with zero attached hydrogens (tertiary/aromatic N) is 5. The molecule has 0 amide bonds. The van der Waals surface area contributed by atoms with Gasteiger partial charge in [-0.3, -0.25) is 0 Å². The van der Waals surface area contributed by atoms with E-state index in [1.165, 1.54) is 6.33 Å². The Bertz CT molecular complexity index is 670. The lowest BCUT2D eigenvalue weighted by Crippen LogP contribution is -2.14. The summed E-state index contributed by atoms with van der Waals surface area (Å²) >= 11 is 0. The molecular formula is C12H11F3N6. The van der Waals surface area contributed by atoms with E-state index in [0.717, 1.165) is 12.1 Å². The molecule has 0 bridgehead atoms. The lowest BCUT2D eigenvalue weighted by Gasteiger charge is -2.10. The van der Waals surface area contributed by atoms with Crippen molar-refractivity contribution in [1.29, 1.82) is 5.26 Å². The van der Waals surface area contributed by atoms with Crippen LogP contribution in [0.5, 0.6) is 0 Å². The van der Waals surface area contributed by atoms with Crippen LogP contribution in [0.15, 0.2) is 18.5 Å². The Morgan fingerprint density at radius 3 is 2.71 bits per heavy atom. The predicted molar refractivity (Wildman–Crippen MR) is 67.2 cm³/mol. The minimum atomic E-state index is -4.55. The predicted octanol–water partition coefficient (Wildman–Crippen LogP) is 1.76. The van der Waals surface area contributed by atoms with E-state index in [9.17, 15) is 13.2 Å². The number of anilines is 1. The van der Waals surface area contributed by atoms with Crippen molar-refractivity contribution in [1.82, 2.24) is 19.7 Å². The molecule has 2 rings (SSSR count). The second kappa shape index (κ2) is 5.78. The number of halogens is 3. The summed E-state index contributed by atoms with van der Waals surface area (Å²) in [6.45, 7) is 0.287. The van der Waals surface area contributed by atoms with Crippen molar-refractivity contribution in [2.45, 2.75) is 12.6 Å². The summed E-state index contributed by atoms with van der Waals surface area (Å²) in [5, 5.41) is 19.2. The molecule has 0 aliphatic carbocycles. The second-order valence-electron chi connectivity index (χ2n) is 4.24. The van der Waals surface area contributed by atoms with E-state index in [0.29, 0.717) is 12.2 Å². The lowest BCUT2D eigenvalue weighted by molar-refractivity contribution is -0.141. The zero-order valence-corrected chi connectivity index (χ0v) is 11.0. The standard InChI is InChI=1S/C12H11F3N6/c1-21-7-18-20-10(21)4-5-17-11-8(6-16)2-3-9(19-11)12(13,14)15/h2-3,7H,4-5H2,1H3,(H,17,19). The van der Waals surface area contributed by atoms with Gasteiger partial charge in [-0.25, -0.2) is 4.98 Å².